The number of nitrogens with zero attached hydrogens (tertiary/aromatic N) is 2. The molecule has 0 saturated carbocycles. The molecule has 3 N–H and O–H groups in total. The number of benzene rings is 1. The van der Waals surface area contributed by atoms with Crippen LogP contribution in [0.5, 0.6) is 0 Å². The highest BCUT2D eigenvalue weighted by molar-refractivity contribution is 5.46. The number of rotatable bonds is 6. The minimum atomic E-state index is 0.550. The van der Waals surface area contributed by atoms with Crippen LogP contribution in [0.25, 0.3) is 0 Å². The van der Waals surface area contributed by atoms with Gasteiger partial charge in [-0.3, -0.25) is 0 Å². The van der Waals surface area contributed by atoms with Crippen molar-refractivity contribution in [3.8, 4) is 0 Å². The van der Waals surface area contributed by atoms with Gasteiger partial charge in [-0.2, -0.15) is 0 Å². The van der Waals surface area contributed by atoms with Gasteiger partial charge in [0.25, 0.3) is 0 Å². The van der Waals surface area contributed by atoms with Crippen molar-refractivity contribution < 1.29 is 0 Å². The molecule has 2 aromatic rings. The van der Waals surface area contributed by atoms with E-state index in [0.29, 0.717) is 5.82 Å². The Bertz CT molecular complexity index is 481. The standard InChI is InChI=1S/C15H20N4/c1-19(14-6-3-2-4-7-14)11-5-10-17-13-8-9-15(16)18-12-13/h2-4,6-9,12,17H,5,10-11H2,1H3,(H2,16,18). The van der Waals surface area contributed by atoms with Crippen molar-refractivity contribution in [2.75, 3.05) is 36.1 Å². The molecule has 0 spiro atoms. The summed E-state index contributed by atoms with van der Waals surface area (Å²) in [6.45, 7) is 1.93. The molecule has 4 heteroatoms. The van der Waals surface area contributed by atoms with Crippen LogP contribution in [0, 0.1) is 0 Å². The zero-order valence-electron chi connectivity index (χ0n) is 11.2. The van der Waals surface area contributed by atoms with Crippen LogP contribution in [0.1, 0.15) is 6.42 Å². The van der Waals surface area contributed by atoms with Crippen molar-refractivity contribution in [3.63, 3.8) is 0 Å². The summed E-state index contributed by atoms with van der Waals surface area (Å²) in [5.74, 6) is 0.550. The third kappa shape index (κ3) is 4.17. The fraction of sp³-hybridized carbons (Fsp3) is 0.267. The fourth-order valence-electron chi connectivity index (χ4n) is 1.87. The van der Waals surface area contributed by atoms with Crippen LogP contribution in [0.15, 0.2) is 48.7 Å². The predicted molar refractivity (Wildman–Crippen MR) is 81.5 cm³/mol. The molecule has 2 rings (SSSR count). The average Bonchev–Trinajstić information content (AvgIpc) is 2.46. The second-order valence-electron chi connectivity index (χ2n) is 4.51. The topological polar surface area (TPSA) is 54.2 Å². The minimum absolute atomic E-state index is 0.550. The van der Waals surface area contributed by atoms with Crippen molar-refractivity contribution in [2.24, 2.45) is 0 Å². The lowest BCUT2D eigenvalue weighted by atomic mass is 10.3. The van der Waals surface area contributed by atoms with Gasteiger partial charge in [-0.25, -0.2) is 4.98 Å². The number of pyridine rings is 1. The van der Waals surface area contributed by atoms with Crippen molar-refractivity contribution in [1.29, 1.82) is 0 Å². The van der Waals surface area contributed by atoms with E-state index < -0.39 is 0 Å². The summed E-state index contributed by atoms with van der Waals surface area (Å²) in [6.07, 6.45) is 2.83. The molecule has 4 nitrogen and oxygen atoms in total. The number of hydrogen-bond acceptors (Lipinski definition) is 4. The summed E-state index contributed by atoms with van der Waals surface area (Å²) < 4.78 is 0. The Hall–Kier alpha value is -2.23. The van der Waals surface area contributed by atoms with Gasteiger partial charge in [0.05, 0.1) is 11.9 Å². The molecule has 0 radical (unpaired) electrons. The Balaban J connectivity index is 1.71. The minimum Gasteiger partial charge on any atom is -0.384 e. The van der Waals surface area contributed by atoms with Crippen LogP contribution >= 0.6 is 0 Å². The highest BCUT2D eigenvalue weighted by atomic mass is 15.1. The van der Waals surface area contributed by atoms with Gasteiger partial charge in [-0.15, -0.1) is 0 Å². The summed E-state index contributed by atoms with van der Waals surface area (Å²) in [4.78, 5) is 6.30. The summed E-state index contributed by atoms with van der Waals surface area (Å²) in [5.41, 5.74) is 7.80. The Morgan fingerprint density at radius 2 is 1.95 bits per heavy atom. The van der Waals surface area contributed by atoms with E-state index in [1.54, 1.807) is 12.3 Å². The van der Waals surface area contributed by atoms with E-state index in [1.165, 1.54) is 5.69 Å². The highest BCUT2D eigenvalue weighted by Crippen LogP contribution is 2.11. The first kappa shape index (κ1) is 13.2. The second-order valence-corrected chi connectivity index (χ2v) is 4.51. The third-order valence-electron chi connectivity index (χ3n) is 2.98. The van der Waals surface area contributed by atoms with Crippen LogP contribution in [-0.4, -0.2) is 25.1 Å². The molecule has 1 aromatic carbocycles. The molecular weight excluding hydrogens is 236 g/mol. The van der Waals surface area contributed by atoms with E-state index in [9.17, 15) is 0 Å². The fourth-order valence-corrected chi connectivity index (χ4v) is 1.87. The summed E-state index contributed by atoms with van der Waals surface area (Å²) in [7, 11) is 2.11. The van der Waals surface area contributed by atoms with Gasteiger partial charge in [-0.1, -0.05) is 18.2 Å². The predicted octanol–water partition coefficient (Wildman–Crippen LogP) is 2.60. The summed E-state index contributed by atoms with van der Waals surface area (Å²) in [5, 5.41) is 3.33. The van der Waals surface area contributed by atoms with E-state index in [0.717, 1.165) is 25.2 Å². The molecule has 100 valence electrons. The molecule has 19 heavy (non-hydrogen) atoms. The maximum atomic E-state index is 5.54. The van der Waals surface area contributed by atoms with Gasteiger partial charge in [0.15, 0.2) is 0 Å². The van der Waals surface area contributed by atoms with Crippen LogP contribution in [0.2, 0.25) is 0 Å². The van der Waals surface area contributed by atoms with Gasteiger partial charge < -0.3 is 16.0 Å². The molecule has 0 aliphatic rings. The first-order valence-electron chi connectivity index (χ1n) is 6.47. The molecule has 0 aliphatic heterocycles. The number of para-hydroxylation sites is 1. The molecule has 0 amide bonds. The SMILES string of the molecule is CN(CCCNc1ccc(N)nc1)c1ccccc1. The quantitative estimate of drug-likeness (QED) is 0.780. The number of nitrogens with one attached hydrogen (secondary N) is 1. The lowest BCUT2D eigenvalue weighted by Crippen LogP contribution is -2.20. The van der Waals surface area contributed by atoms with E-state index >= 15 is 0 Å². The monoisotopic (exact) mass is 256 g/mol. The third-order valence-corrected chi connectivity index (χ3v) is 2.98. The van der Waals surface area contributed by atoms with Crippen molar-refractivity contribution in [2.45, 2.75) is 6.42 Å². The van der Waals surface area contributed by atoms with Gasteiger partial charge in [-0.05, 0) is 30.7 Å². The Morgan fingerprint density at radius 1 is 1.16 bits per heavy atom. The van der Waals surface area contributed by atoms with Gasteiger partial charge in [0.1, 0.15) is 5.82 Å². The van der Waals surface area contributed by atoms with Crippen molar-refractivity contribution in [1.82, 2.24) is 4.98 Å². The first-order chi connectivity index (χ1) is 9.25. The first-order valence-corrected chi connectivity index (χ1v) is 6.47. The number of nitrogens with two attached hydrogens (primary N) is 1. The largest absolute Gasteiger partial charge is 0.384 e. The maximum absolute atomic E-state index is 5.54. The molecule has 0 unspecified atom stereocenters. The lowest BCUT2D eigenvalue weighted by molar-refractivity contribution is 0.816. The Labute approximate surface area is 114 Å². The molecule has 0 saturated heterocycles. The normalized spacial score (nSPS) is 10.2. The van der Waals surface area contributed by atoms with Crippen molar-refractivity contribution >= 4 is 17.2 Å². The van der Waals surface area contributed by atoms with Gasteiger partial charge in [0, 0.05) is 25.8 Å². The van der Waals surface area contributed by atoms with E-state index in [2.05, 4.69) is 46.5 Å². The second kappa shape index (κ2) is 6.64. The van der Waals surface area contributed by atoms with Crippen LogP contribution < -0.4 is 16.0 Å². The highest BCUT2D eigenvalue weighted by Gasteiger charge is 1.99. The number of aromatic nitrogens is 1. The molecule has 1 aromatic heterocycles. The zero-order chi connectivity index (χ0) is 13.5. The van der Waals surface area contributed by atoms with E-state index in [1.807, 2.05) is 12.1 Å². The Morgan fingerprint density at radius 3 is 2.63 bits per heavy atom. The maximum Gasteiger partial charge on any atom is 0.123 e. The van der Waals surface area contributed by atoms with Crippen LogP contribution in [0.4, 0.5) is 17.2 Å². The molecule has 0 bridgehead atoms. The smallest absolute Gasteiger partial charge is 0.123 e. The van der Waals surface area contributed by atoms with Gasteiger partial charge >= 0.3 is 0 Å². The molecule has 0 atom stereocenters. The lowest BCUT2D eigenvalue weighted by Gasteiger charge is -2.19. The number of anilines is 3. The molecule has 0 fully saturated rings. The molecular formula is C15H20N4. The van der Waals surface area contributed by atoms with E-state index in [4.69, 9.17) is 5.73 Å². The summed E-state index contributed by atoms with van der Waals surface area (Å²) >= 11 is 0. The van der Waals surface area contributed by atoms with Crippen molar-refractivity contribution in [3.05, 3.63) is 48.7 Å². The summed E-state index contributed by atoms with van der Waals surface area (Å²) in [6, 6.07) is 14.2. The van der Waals surface area contributed by atoms with E-state index in [-0.39, 0.29) is 0 Å². The number of nitrogen functional groups attached to an aromatic ring is 1. The number of hydrogen-bond donors (Lipinski definition) is 2. The zero-order valence-corrected chi connectivity index (χ0v) is 11.2. The van der Waals surface area contributed by atoms with Crippen LogP contribution in [-0.2, 0) is 0 Å². The average molecular weight is 256 g/mol. The Kier molecular flexibility index (Phi) is 4.61. The molecule has 0 aliphatic carbocycles. The molecule has 1 heterocycles. The van der Waals surface area contributed by atoms with Gasteiger partial charge in [0.2, 0.25) is 0 Å². The van der Waals surface area contributed by atoms with Crippen LogP contribution in [0.3, 0.4) is 0 Å².